The highest BCUT2D eigenvalue weighted by atomic mass is 32.1. The first-order valence-corrected chi connectivity index (χ1v) is 6.00. The standard InChI is InChI=1S/C11H17NS/c1-9-6-8-13-11(9)3-2-7-12-10-4-5-10/h6,8,10,12H,2-5,7H2,1H3. The van der Waals surface area contributed by atoms with Crippen molar-refractivity contribution in [3.63, 3.8) is 0 Å². The number of hydrogen-bond acceptors (Lipinski definition) is 2. The van der Waals surface area contributed by atoms with E-state index < -0.39 is 0 Å². The Bertz CT molecular complexity index is 263. The summed E-state index contributed by atoms with van der Waals surface area (Å²) in [5.41, 5.74) is 1.47. The van der Waals surface area contributed by atoms with E-state index in [0.717, 1.165) is 6.04 Å². The molecule has 13 heavy (non-hydrogen) atoms. The summed E-state index contributed by atoms with van der Waals surface area (Å²) in [6, 6.07) is 3.08. The van der Waals surface area contributed by atoms with Crippen LogP contribution in [0.25, 0.3) is 0 Å². The van der Waals surface area contributed by atoms with Gasteiger partial charge in [-0.25, -0.2) is 0 Å². The molecule has 1 aliphatic carbocycles. The van der Waals surface area contributed by atoms with E-state index in [4.69, 9.17) is 0 Å². The highest BCUT2D eigenvalue weighted by Gasteiger charge is 2.19. The van der Waals surface area contributed by atoms with Crippen LogP contribution in [0.4, 0.5) is 0 Å². The van der Waals surface area contributed by atoms with Crippen LogP contribution in [0.2, 0.25) is 0 Å². The van der Waals surface area contributed by atoms with Gasteiger partial charge >= 0.3 is 0 Å². The van der Waals surface area contributed by atoms with Crippen LogP contribution in [0.15, 0.2) is 11.4 Å². The molecule has 1 heterocycles. The van der Waals surface area contributed by atoms with E-state index in [9.17, 15) is 0 Å². The molecule has 1 fully saturated rings. The number of aryl methyl sites for hydroxylation is 2. The van der Waals surface area contributed by atoms with Gasteiger partial charge in [0.15, 0.2) is 0 Å². The zero-order valence-electron chi connectivity index (χ0n) is 8.18. The van der Waals surface area contributed by atoms with E-state index in [1.807, 2.05) is 11.3 Å². The zero-order chi connectivity index (χ0) is 9.10. The molecule has 0 unspecified atom stereocenters. The fraction of sp³-hybridized carbons (Fsp3) is 0.636. The van der Waals surface area contributed by atoms with Crippen molar-refractivity contribution in [3.05, 3.63) is 21.9 Å². The van der Waals surface area contributed by atoms with Gasteiger partial charge in [-0.1, -0.05) is 0 Å². The molecule has 0 saturated heterocycles. The SMILES string of the molecule is Cc1ccsc1CCCNC1CC1. The Morgan fingerprint density at radius 1 is 1.54 bits per heavy atom. The van der Waals surface area contributed by atoms with Gasteiger partial charge in [0, 0.05) is 10.9 Å². The third-order valence-electron chi connectivity index (χ3n) is 2.56. The maximum atomic E-state index is 3.54. The Labute approximate surface area is 84.2 Å². The average molecular weight is 195 g/mol. The second-order valence-corrected chi connectivity index (χ2v) is 4.86. The van der Waals surface area contributed by atoms with Gasteiger partial charge in [0.1, 0.15) is 0 Å². The van der Waals surface area contributed by atoms with Crippen LogP contribution < -0.4 is 5.32 Å². The van der Waals surface area contributed by atoms with Crippen LogP contribution in [-0.4, -0.2) is 12.6 Å². The van der Waals surface area contributed by atoms with E-state index in [-0.39, 0.29) is 0 Å². The molecule has 1 aliphatic rings. The van der Waals surface area contributed by atoms with Crippen molar-refractivity contribution in [1.29, 1.82) is 0 Å². The molecule has 0 radical (unpaired) electrons. The molecule has 0 aromatic carbocycles. The predicted molar refractivity (Wildman–Crippen MR) is 58.4 cm³/mol. The fourth-order valence-electron chi connectivity index (χ4n) is 1.50. The number of nitrogens with one attached hydrogen (secondary N) is 1. The summed E-state index contributed by atoms with van der Waals surface area (Å²) in [4.78, 5) is 1.57. The molecule has 1 aromatic heterocycles. The van der Waals surface area contributed by atoms with E-state index in [0.29, 0.717) is 0 Å². The second-order valence-electron chi connectivity index (χ2n) is 3.86. The summed E-state index contributed by atoms with van der Waals surface area (Å²) in [6.45, 7) is 3.40. The van der Waals surface area contributed by atoms with E-state index >= 15 is 0 Å². The van der Waals surface area contributed by atoms with Crippen LogP contribution in [0.3, 0.4) is 0 Å². The van der Waals surface area contributed by atoms with E-state index in [1.54, 1.807) is 4.88 Å². The molecular weight excluding hydrogens is 178 g/mol. The monoisotopic (exact) mass is 195 g/mol. The highest BCUT2D eigenvalue weighted by Crippen LogP contribution is 2.19. The molecule has 1 saturated carbocycles. The van der Waals surface area contributed by atoms with Crippen LogP contribution in [-0.2, 0) is 6.42 Å². The smallest absolute Gasteiger partial charge is 0.00748 e. The molecular formula is C11H17NS. The maximum absolute atomic E-state index is 3.54. The molecule has 1 nitrogen and oxygen atoms in total. The lowest BCUT2D eigenvalue weighted by Gasteiger charge is -2.01. The summed E-state index contributed by atoms with van der Waals surface area (Å²) in [5, 5.41) is 5.74. The largest absolute Gasteiger partial charge is 0.314 e. The van der Waals surface area contributed by atoms with E-state index in [2.05, 4.69) is 23.7 Å². The number of thiophene rings is 1. The minimum atomic E-state index is 0.865. The minimum Gasteiger partial charge on any atom is -0.314 e. The van der Waals surface area contributed by atoms with E-state index in [1.165, 1.54) is 37.8 Å². The Morgan fingerprint density at radius 3 is 3.00 bits per heavy atom. The molecule has 0 amide bonds. The Morgan fingerprint density at radius 2 is 2.38 bits per heavy atom. The predicted octanol–water partition coefficient (Wildman–Crippen LogP) is 2.74. The van der Waals surface area contributed by atoms with Crippen molar-refractivity contribution >= 4 is 11.3 Å². The molecule has 2 heteroatoms. The summed E-state index contributed by atoms with van der Waals surface area (Å²) in [7, 11) is 0. The third kappa shape index (κ3) is 2.82. The quantitative estimate of drug-likeness (QED) is 0.712. The lowest BCUT2D eigenvalue weighted by molar-refractivity contribution is 0.647. The fourth-order valence-corrected chi connectivity index (χ4v) is 2.46. The van der Waals surface area contributed by atoms with Crippen molar-refractivity contribution < 1.29 is 0 Å². The maximum Gasteiger partial charge on any atom is 0.00748 e. The third-order valence-corrected chi connectivity index (χ3v) is 3.64. The molecule has 0 atom stereocenters. The minimum absolute atomic E-state index is 0.865. The summed E-state index contributed by atoms with van der Waals surface area (Å²) in [5.74, 6) is 0. The molecule has 72 valence electrons. The molecule has 1 aromatic rings. The van der Waals surface area contributed by atoms with Crippen LogP contribution in [0.5, 0.6) is 0 Å². The normalized spacial score (nSPS) is 16.4. The molecule has 2 rings (SSSR count). The molecule has 0 spiro atoms. The van der Waals surface area contributed by atoms with Gasteiger partial charge in [-0.3, -0.25) is 0 Å². The van der Waals surface area contributed by atoms with Crippen LogP contribution in [0, 0.1) is 6.92 Å². The summed E-state index contributed by atoms with van der Waals surface area (Å²) < 4.78 is 0. The Hall–Kier alpha value is -0.340. The first kappa shape index (κ1) is 9.22. The van der Waals surface area contributed by atoms with Gasteiger partial charge in [0.05, 0.1) is 0 Å². The van der Waals surface area contributed by atoms with Crippen LogP contribution >= 0.6 is 11.3 Å². The first-order valence-electron chi connectivity index (χ1n) is 5.12. The number of hydrogen-bond donors (Lipinski definition) is 1. The van der Waals surface area contributed by atoms with Gasteiger partial charge in [-0.15, -0.1) is 11.3 Å². The summed E-state index contributed by atoms with van der Waals surface area (Å²) >= 11 is 1.90. The lowest BCUT2D eigenvalue weighted by Crippen LogP contribution is -2.17. The van der Waals surface area contributed by atoms with Crippen molar-refractivity contribution in [1.82, 2.24) is 5.32 Å². The highest BCUT2D eigenvalue weighted by molar-refractivity contribution is 7.10. The van der Waals surface area contributed by atoms with Gasteiger partial charge in [-0.05, 0) is 56.2 Å². The lowest BCUT2D eigenvalue weighted by atomic mass is 10.2. The van der Waals surface area contributed by atoms with Gasteiger partial charge < -0.3 is 5.32 Å². The first-order chi connectivity index (χ1) is 6.36. The number of rotatable bonds is 5. The summed E-state index contributed by atoms with van der Waals surface area (Å²) in [6.07, 6.45) is 5.34. The Kier molecular flexibility index (Phi) is 3.01. The van der Waals surface area contributed by atoms with Gasteiger partial charge in [0.2, 0.25) is 0 Å². The average Bonchev–Trinajstić information content (AvgIpc) is 2.86. The van der Waals surface area contributed by atoms with Crippen molar-refractivity contribution in [2.75, 3.05) is 6.54 Å². The Balaban J connectivity index is 1.64. The van der Waals surface area contributed by atoms with Gasteiger partial charge in [0.25, 0.3) is 0 Å². The second kappa shape index (κ2) is 4.25. The molecule has 1 N–H and O–H groups in total. The van der Waals surface area contributed by atoms with Crippen molar-refractivity contribution in [2.45, 2.75) is 38.6 Å². The van der Waals surface area contributed by atoms with Gasteiger partial charge in [-0.2, -0.15) is 0 Å². The topological polar surface area (TPSA) is 12.0 Å². The zero-order valence-corrected chi connectivity index (χ0v) is 8.99. The van der Waals surface area contributed by atoms with Crippen molar-refractivity contribution in [2.24, 2.45) is 0 Å². The molecule has 0 bridgehead atoms. The van der Waals surface area contributed by atoms with Crippen LogP contribution in [0.1, 0.15) is 29.7 Å². The molecule has 0 aliphatic heterocycles. The van der Waals surface area contributed by atoms with Crippen molar-refractivity contribution in [3.8, 4) is 0 Å².